The fraction of sp³-hybridized carbons (Fsp3) is 0.435. The first kappa shape index (κ1) is 24.0. The molecule has 1 aliphatic rings. The molecule has 168 valence electrons. The number of thioether (sulfide) groups is 1. The summed E-state index contributed by atoms with van der Waals surface area (Å²) in [6.45, 7) is 0.817. The van der Waals surface area contributed by atoms with Crippen molar-refractivity contribution in [3.05, 3.63) is 64.7 Å². The van der Waals surface area contributed by atoms with Gasteiger partial charge in [-0.3, -0.25) is 9.10 Å². The fourth-order valence-corrected chi connectivity index (χ4v) is 5.97. The summed E-state index contributed by atoms with van der Waals surface area (Å²) in [6.07, 6.45) is 7.75. The molecular formula is C23H29ClN2O3S2. The molecule has 1 amide bonds. The minimum atomic E-state index is -3.49. The standard InChI is InChI=1S/C23H29ClN2O3S2/c1-31(28,29)26(21-7-5-6-20(24)16-21)17-18-10-12-19(13-11-18)23(27)25-14-15-30-22-8-3-2-4-9-22/h5-7,10-13,16,22H,2-4,8-9,14-15,17H2,1H3,(H,25,27). The van der Waals surface area contributed by atoms with Gasteiger partial charge >= 0.3 is 0 Å². The molecule has 0 heterocycles. The van der Waals surface area contributed by atoms with Gasteiger partial charge in [0.1, 0.15) is 0 Å². The van der Waals surface area contributed by atoms with Crippen molar-refractivity contribution in [2.24, 2.45) is 0 Å². The first-order valence-corrected chi connectivity index (χ1v) is 13.8. The SMILES string of the molecule is CS(=O)(=O)N(Cc1ccc(C(=O)NCCSC2CCCCC2)cc1)c1cccc(Cl)c1. The van der Waals surface area contributed by atoms with Crippen molar-refractivity contribution < 1.29 is 13.2 Å². The van der Waals surface area contributed by atoms with Gasteiger partial charge in [0, 0.05) is 28.1 Å². The summed E-state index contributed by atoms with van der Waals surface area (Å²) < 4.78 is 25.9. The van der Waals surface area contributed by atoms with Gasteiger partial charge in [0.05, 0.1) is 18.5 Å². The van der Waals surface area contributed by atoms with Gasteiger partial charge in [-0.1, -0.05) is 49.1 Å². The van der Waals surface area contributed by atoms with Crippen LogP contribution in [0.25, 0.3) is 0 Å². The molecule has 2 aromatic carbocycles. The molecule has 1 N–H and O–H groups in total. The van der Waals surface area contributed by atoms with E-state index in [1.807, 2.05) is 11.8 Å². The van der Waals surface area contributed by atoms with E-state index in [2.05, 4.69) is 5.32 Å². The van der Waals surface area contributed by atoms with E-state index in [1.54, 1.807) is 48.5 Å². The summed E-state index contributed by atoms with van der Waals surface area (Å²) in [5.74, 6) is 0.822. The van der Waals surface area contributed by atoms with E-state index in [0.717, 1.165) is 16.6 Å². The molecule has 0 bridgehead atoms. The number of nitrogens with one attached hydrogen (secondary N) is 1. The Morgan fingerprint density at radius 2 is 1.84 bits per heavy atom. The average molecular weight is 481 g/mol. The molecule has 1 fully saturated rings. The van der Waals surface area contributed by atoms with Gasteiger partial charge in [0.25, 0.3) is 5.91 Å². The van der Waals surface area contributed by atoms with Crippen molar-refractivity contribution in [2.75, 3.05) is 22.9 Å². The number of rotatable bonds is 9. The Bertz CT molecular complexity index is 975. The minimum Gasteiger partial charge on any atom is -0.351 e. The maximum absolute atomic E-state index is 12.4. The third-order valence-corrected chi connectivity index (χ3v) is 8.09. The van der Waals surface area contributed by atoms with E-state index in [9.17, 15) is 13.2 Å². The lowest BCUT2D eigenvalue weighted by Gasteiger charge is -2.23. The summed E-state index contributed by atoms with van der Waals surface area (Å²) in [5.41, 5.74) is 1.86. The number of nitrogens with zero attached hydrogens (tertiary/aromatic N) is 1. The zero-order valence-corrected chi connectivity index (χ0v) is 20.1. The molecule has 3 rings (SSSR count). The molecule has 0 aromatic heterocycles. The molecule has 8 heteroatoms. The van der Waals surface area contributed by atoms with Crippen molar-refractivity contribution in [2.45, 2.75) is 43.9 Å². The van der Waals surface area contributed by atoms with Crippen molar-refractivity contribution in [1.29, 1.82) is 0 Å². The highest BCUT2D eigenvalue weighted by molar-refractivity contribution is 7.99. The van der Waals surface area contributed by atoms with E-state index in [1.165, 1.54) is 42.7 Å². The molecule has 0 unspecified atom stereocenters. The third-order valence-electron chi connectivity index (χ3n) is 5.33. The first-order valence-electron chi connectivity index (χ1n) is 10.5. The number of hydrogen-bond donors (Lipinski definition) is 1. The molecule has 0 aliphatic heterocycles. The highest BCUT2D eigenvalue weighted by Crippen LogP contribution is 2.28. The van der Waals surface area contributed by atoms with Crippen molar-refractivity contribution in [1.82, 2.24) is 5.32 Å². The predicted octanol–water partition coefficient (Wildman–Crippen LogP) is 5.10. The van der Waals surface area contributed by atoms with Crippen LogP contribution >= 0.6 is 23.4 Å². The minimum absolute atomic E-state index is 0.106. The van der Waals surface area contributed by atoms with Crippen molar-refractivity contribution in [3.8, 4) is 0 Å². The molecule has 31 heavy (non-hydrogen) atoms. The highest BCUT2D eigenvalue weighted by atomic mass is 35.5. The number of anilines is 1. The van der Waals surface area contributed by atoms with Crippen LogP contribution in [0.1, 0.15) is 48.0 Å². The summed E-state index contributed by atoms with van der Waals surface area (Å²) in [6, 6.07) is 13.8. The summed E-state index contributed by atoms with van der Waals surface area (Å²) in [7, 11) is -3.49. The van der Waals surface area contributed by atoms with Crippen LogP contribution in [0, 0.1) is 0 Å². The van der Waals surface area contributed by atoms with Crippen LogP contribution in [0.4, 0.5) is 5.69 Å². The van der Waals surface area contributed by atoms with E-state index >= 15 is 0 Å². The second-order valence-electron chi connectivity index (χ2n) is 7.83. The van der Waals surface area contributed by atoms with Crippen LogP contribution < -0.4 is 9.62 Å². The maximum atomic E-state index is 12.4. The number of carbonyl (C=O) groups is 1. The van der Waals surface area contributed by atoms with E-state index < -0.39 is 10.0 Å². The Morgan fingerprint density at radius 1 is 1.13 bits per heavy atom. The quantitative estimate of drug-likeness (QED) is 0.507. The van der Waals surface area contributed by atoms with Crippen molar-refractivity contribution >= 4 is 45.0 Å². The van der Waals surface area contributed by atoms with Gasteiger partial charge in [0.15, 0.2) is 0 Å². The van der Waals surface area contributed by atoms with Gasteiger partial charge in [0.2, 0.25) is 10.0 Å². The number of benzene rings is 2. The topological polar surface area (TPSA) is 66.5 Å². The number of amides is 1. The second-order valence-corrected chi connectivity index (χ2v) is 11.6. The lowest BCUT2D eigenvalue weighted by atomic mass is 10.0. The molecule has 1 saturated carbocycles. The third kappa shape index (κ3) is 7.44. The summed E-state index contributed by atoms with van der Waals surface area (Å²) in [4.78, 5) is 12.4. The molecule has 1 aliphatic carbocycles. The van der Waals surface area contributed by atoms with Crippen LogP contribution in [0.15, 0.2) is 48.5 Å². The Hall–Kier alpha value is -1.70. The average Bonchev–Trinajstić information content (AvgIpc) is 2.75. The number of carbonyl (C=O) groups excluding carboxylic acids is 1. The maximum Gasteiger partial charge on any atom is 0.251 e. The number of hydrogen-bond acceptors (Lipinski definition) is 4. The first-order chi connectivity index (χ1) is 14.8. The predicted molar refractivity (Wildman–Crippen MR) is 131 cm³/mol. The molecule has 0 atom stereocenters. The van der Waals surface area contributed by atoms with Crippen LogP contribution in [0.2, 0.25) is 5.02 Å². The highest BCUT2D eigenvalue weighted by Gasteiger charge is 2.18. The number of sulfonamides is 1. The van der Waals surface area contributed by atoms with Crippen LogP contribution in [-0.4, -0.2) is 38.1 Å². The largest absolute Gasteiger partial charge is 0.351 e. The molecule has 0 spiro atoms. The lowest BCUT2D eigenvalue weighted by Crippen LogP contribution is -2.29. The van der Waals surface area contributed by atoms with E-state index in [0.29, 0.717) is 22.8 Å². The zero-order chi connectivity index (χ0) is 22.3. The van der Waals surface area contributed by atoms with Crippen LogP contribution in [-0.2, 0) is 16.6 Å². The second kappa shape index (κ2) is 11.2. The molecule has 2 aromatic rings. The van der Waals surface area contributed by atoms with Crippen LogP contribution in [0.5, 0.6) is 0 Å². The zero-order valence-electron chi connectivity index (χ0n) is 17.7. The van der Waals surface area contributed by atoms with E-state index in [4.69, 9.17) is 11.6 Å². The molecule has 0 radical (unpaired) electrons. The van der Waals surface area contributed by atoms with Gasteiger partial charge in [-0.2, -0.15) is 11.8 Å². The van der Waals surface area contributed by atoms with Gasteiger partial charge in [-0.15, -0.1) is 0 Å². The Balaban J connectivity index is 1.55. The van der Waals surface area contributed by atoms with E-state index in [-0.39, 0.29) is 12.5 Å². The molecule has 5 nitrogen and oxygen atoms in total. The van der Waals surface area contributed by atoms with Crippen molar-refractivity contribution in [3.63, 3.8) is 0 Å². The summed E-state index contributed by atoms with van der Waals surface area (Å²) in [5, 5.41) is 4.18. The molecular weight excluding hydrogens is 452 g/mol. The monoisotopic (exact) mass is 480 g/mol. The Morgan fingerprint density at radius 3 is 2.48 bits per heavy atom. The normalized spacial score (nSPS) is 14.9. The van der Waals surface area contributed by atoms with Gasteiger partial charge in [-0.25, -0.2) is 8.42 Å². The molecule has 0 saturated heterocycles. The fourth-order valence-electron chi connectivity index (χ4n) is 3.68. The number of halogens is 1. The van der Waals surface area contributed by atoms with Crippen LogP contribution in [0.3, 0.4) is 0 Å². The smallest absolute Gasteiger partial charge is 0.251 e. The van der Waals surface area contributed by atoms with Gasteiger partial charge in [-0.05, 0) is 48.7 Å². The van der Waals surface area contributed by atoms with Gasteiger partial charge < -0.3 is 5.32 Å². The lowest BCUT2D eigenvalue weighted by molar-refractivity contribution is 0.0956. The Labute approximate surface area is 194 Å². The summed E-state index contributed by atoms with van der Waals surface area (Å²) >= 11 is 7.98. The Kier molecular flexibility index (Phi) is 8.69.